The third kappa shape index (κ3) is 2.75. The molecule has 94 valence electrons. The quantitative estimate of drug-likeness (QED) is 0.816. The zero-order valence-corrected chi connectivity index (χ0v) is 11.0. The van der Waals surface area contributed by atoms with Gasteiger partial charge in [-0.2, -0.15) is 0 Å². The molecule has 1 aliphatic rings. The molecule has 1 fully saturated rings. The lowest BCUT2D eigenvalue weighted by atomic mass is 9.96. The Labute approximate surface area is 103 Å². The Bertz CT molecular complexity index is 400. The van der Waals surface area contributed by atoms with Gasteiger partial charge in [-0.25, -0.2) is 9.97 Å². The number of aryl methyl sites for hydroxylation is 2. The fraction of sp³-hybridized carbons (Fsp3) is 0.692. The topological polar surface area (TPSA) is 63.8 Å². The maximum absolute atomic E-state index is 5.90. The summed E-state index contributed by atoms with van der Waals surface area (Å²) in [5.74, 6) is 2.42. The van der Waals surface area contributed by atoms with Crippen LogP contribution < -0.4 is 11.1 Å². The predicted octanol–water partition coefficient (Wildman–Crippen LogP) is 1.89. The van der Waals surface area contributed by atoms with E-state index in [-0.39, 0.29) is 5.54 Å². The zero-order valence-electron chi connectivity index (χ0n) is 11.0. The third-order valence-electron chi connectivity index (χ3n) is 3.57. The summed E-state index contributed by atoms with van der Waals surface area (Å²) >= 11 is 0. The van der Waals surface area contributed by atoms with Gasteiger partial charge in [-0.15, -0.1) is 0 Å². The normalized spacial score (nSPS) is 18.8. The Hall–Kier alpha value is -1.16. The first-order valence-corrected chi connectivity index (χ1v) is 6.40. The summed E-state index contributed by atoms with van der Waals surface area (Å²) in [6.07, 6.45) is 3.47. The van der Waals surface area contributed by atoms with Gasteiger partial charge in [0.05, 0.1) is 5.54 Å². The molecule has 0 spiro atoms. The van der Waals surface area contributed by atoms with Crippen LogP contribution in [0.4, 0.5) is 5.82 Å². The van der Waals surface area contributed by atoms with Crippen LogP contribution in [0.25, 0.3) is 0 Å². The van der Waals surface area contributed by atoms with Crippen LogP contribution in [0.15, 0.2) is 6.07 Å². The highest BCUT2D eigenvalue weighted by molar-refractivity contribution is 5.40. The number of aromatic nitrogens is 2. The van der Waals surface area contributed by atoms with Crippen molar-refractivity contribution in [3.8, 4) is 0 Å². The Balaban J connectivity index is 2.19. The van der Waals surface area contributed by atoms with Crippen molar-refractivity contribution in [3.05, 3.63) is 17.6 Å². The summed E-state index contributed by atoms with van der Waals surface area (Å²) in [7, 11) is 0. The summed E-state index contributed by atoms with van der Waals surface area (Å²) in [5, 5.41) is 3.51. The van der Waals surface area contributed by atoms with E-state index in [9.17, 15) is 0 Å². The molecule has 0 saturated heterocycles. The molecule has 1 atom stereocenters. The minimum absolute atomic E-state index is 0.0220. The Morgan fingerprint density at radius 1 is 1.47 bits per heavy atom. The summed E-state index contributed by atoms with van der Waals surface area (Å²) in [6.45, 7) is 6.87. The van der Waals surface area contributed by atoms with E-state index in [0.717, 1.165) is 23.8 Å². The zero-order chi connectivity index (χ0) is 12.5. The van der Waals surface area contributed by atoms with E-state index >= 15 is 0 Å². The van der Waals surface area contributed by atoms with Crippen LogP contribution in [0.1, 0.15) is 38.2 Å². The van der Waals surface area contributed by atoms with Gasteiger partial charge in [0.2, 0.25) is 0 Å². The molecule has 1 saturated carbocycles. The van der Waals surface area contributed by atoms with Crippen LogP contribution in [0.2, 0.25) is 0 Å². The summed E-state index contributed by atoms with van der Waals surface area (Å²) in [5.41, 5.74) is 6.96. The number of anilines is 1. The van der Waals surface area contributed by atoms with Crippen molar-refractivity contribution >= 4 is 5.82 Å². The average molecular weight is 234 g/mol. The first-order chi connectivity index (χ1) is 8.07. The van der Waals surface area contributed by atoms with Crippen molar-refractivity contribution in [1.29, 1.82) is 0 Å². The molecule has 0 aromatic carbocycles. The second kappa shape index (κ2) is 4.61. The number of nitrogens with zero attached hydrogens (tertiary/aromatic N) is 2. The second-order valence-corrected chi connectivity index (χ2v) is 5.17. The molecule has 0 amide bonds. The van der Waals surface area contributed by atoms with Gasteiger partial charge in [0.15, 0.2) is 0 Å². The van der Waals surface area contributed by atoms with E-state index in [1.165, 1.54) is 12.8 Å². The standard InChI is InChI=1S/C13H22N4/c1-4-11-7-12(16-9(2)15-11)17-13(3,8-14)10-5-6-10/h7,10H,4-6,8,14H2,1-3H3,(H,15,16,17). The number of hydrogen-bond donors (Lipinski definition) is 2. The fourth-order valence-corrected chi connectivity index (χ4v) is 2.21. The molecule has 3 N–H and O–H groups in total. The molecule has 4 heteroatoms. The van der Waals surface area contributed by atoms with E-state index in [1.807, 2.05) is 13.0 Å². The van der Waals surface area contributed by atoms with Crippen LogP contribution in [0.3, 0.4) is 0 Å². The van der Waals surface area contributed by atoms with Crippen LogP contribution in [-0.2, 0) is 6.42 Å². The van der Waals surface area contributed by atoms with Gasteiger partial charge in [-0.05, 0) is 39.0 Å². The Kier molecular flexibility index (Phi) is 3.33. The minimum Gasteiger partial charge on any atom is -0.363 e. The molecule has 1 aromatic heterocycles. The largest absolute Gasteiger partial charge is 0.363 e. The van der Waals surface area contributed by atoms with Crippen LogP contribution >= 0.6 is 0 Å². The molecule has 0 aliphatic heterocycles. The first-order valence-electron chi connectivity index (χ1n) is 6.40. The number of nitrogens with one attached hydrogen (secondary N) is 1. The van der Waals surface area contributed by atoms with Crippen LogP contribution in [0.5, 0.6) is 0 Å². The highest BCUT2D eigenvalue weighted by Crippen LogP contribution is 2.40. The van der Waals surface area contributed by atoms with Crippen LogP contribution in [-0.4, -0.2) is 22.1 Å². The molecule has 1 aliphatic carbocycles. The molecule has 0 radical (unpaired) electrons. The van der Waals surface area contributed by atoms with Gasteiger partial charge in [0.25, 0.3) is 0 Å². The van der Waals surface area contributed by atoms with E-state index in [0.29, 0.717) is 12.5 Å². The molecule has 1 heterocycles. The second-order valence-electron chi connectivity index (χ2n) is 5.17. The maximum atomic E-state index is 5.90. The fourth-order valence-electron chi connectivity index (χ4n) is 2.21. The number of hydrogen-bond acceptors (Lipinski definition) is 4. The summed E-state index contributed by atoms with van der Waals surface area (Å²) < 4.78 is 0. The molecular weight excluding hydrogens is 212 g/mol. The van der Waals surface area contributed by atoms with Gasteiger partial charge in [0, 0.05) is 18.3 Å². The maximum Gasteiger partial charge on any atom is 0.130 e. The van der Waals surface area contributed by atoms with E-state index < -0.39 is 0 Å². The van der Waals surface area contributed by atoms with Crippen molar-refractivity contribution in [2.45, 2.75) is 45.6 Å². The average Bonchev–Trinajstić information content (AvgIpc) is 3.12. The molecule has 0 bridgehead atoms. The van der Waals surface area contributed by atoms with Crippen LogP contribution in [0, 0.1) is 12.8 Å². The number of nitrogens with two attached hydrogens (primary N) is 1. The van der Waals surface area contributed by atoms with E-state index in [2.05, 4.69) is 29.1 Å². The highest BCUT2D eigenvalue weighted by atomic mass is 15.1. The van der Waals surface area contributed by atoms with Gasteiger partial charge >= 0.3 is 0 Å². The number of rotatable bonds is 5. The summed E-state index contributed by atoms with van der Waals surface area (Å²) in [6, 6.07) is 2.03. The van der Waals surface area contributed by atoms with Crippen molar-refractivity contribution < 1.29 is 0 Å². The van der Waals surface area contributed by atoms with Gasteiger partial charge in [-0.1, -0.05) is 6.92 Å². The monoisotopic (exact) mass is 234 g/mol. The smallest absolute Gasteiger partial charge is 0.130 e. The van der Waals surface area contributed by atoms with Gasteiger partial charge in [-0.3, -0.25) is 0 Å². The molecule has 1 unspecified atom stereocenters. The Morgan fingerprint density at radius 3 is 2.71 bits per heavy atom. The lowest BCUT2D eigenvalue weighted by Crippen LogP contribution is -2.45. The van der Waals surface area contributed by atoms with Crippen molar-refractivity contribution in [3.63, 3.8) is 0 Å². The first kappa shape index (κ1) is 12.3. The molecule has 2 rings (SSSR count). The van der Waals surface area contributed by atoms with E-state index in [1.54, 1.807) is 0 Å². The molecule has 17 heavy (non-hydrogen) atoms. The minimum atomic E-state index is -0.0220. The lowest BCUT2D eigenvalue weighted by molar-refractivity contribution is 0.457. The highest BCUT2D eigenvalue weighted by Gasteiger charge is 2.40. The van der Waals surface area contributed by atoms with Gasteiger partial charge in [0.1, 0.15) is 11.6 Å². The van der Waals surface area contributed by atoms with Gasteiger partial charge < -0.3 is 11.1 Å². The van der Waals surface area contributed by atoms with Crippen molar-refractivity contribution in [2.75, 3.05) is 11.9 Å². The van der Waals surface area contributed by atoms with Crippen molar-refractivity contribution in [1.82, 2.24) is 9.97 Å². The SMILES string of the molecule is CCc1cc(NC(C)(CN)C2CC2)nc(C)n1. The molecular formula is C13H22N4. The van der Waals surface area contributed by atoms with E-state index in [4.69, 9.17) is 5.73 Å². The summed E-state index contributed by atoms with van der Waals surface area (Å²) in [4.78, 5) is 8.83. The molecule has 1 aromatic rings. The molecule has 4 nitrogen and oxygen atoms in total. The Morgan fingerprint density at radius 2 is 2.18 bits per heavy atom. The van der Waals surface area contributed by atoms with Crippen molar-refractivity contribution in [2.24, 2.45) is 11.7 Å². The predicted molar refractivity (Wildman–Crippen MR) is 70.0 cm³/mol. The third-order valence-corrected chi connectivity index (χ3v) is 3.57. The lowest BCUT2D eigenvalue weighted by Gasteiger charge is -2.30.